The minimum absolute atomic E-state index is 0.0202. The maximum absolute atomic E-state index is 12.9. The molecule has 0 saturated carbocycles. The number of rotatable bonds is 7. The van der Waals surface area contributed by atoms with E-state index in [1.54, 1.807) is 6.20 Å². The van der Waals surface area contributed by atoms with Crippen molar-refractivity contribution in [1.82, 2.24) is 29.5 Å². The molecule has 0 aliphatic carbocycles. The number of amides is 1. The first-order chi connectivity index (χ1) is 17.5. The molecule has 8 heteroatoms. The highest BCUT2D eigenvalue weighted by Gasteiger charge is 2.26. The van der Waals surface area contributed by atoms with E-state index in [2.05, 4.69) is 57.2 Å². The Kier molecular flexibility index (Phi) is 7.62. The van der Waals surface area contributed by atoms with Crippen LogP contribution in [0, 0.1) is 11.8 Å². The summed E-state index contributed by atoms with van der Waals surface area (Å²) in [7, 11) is 2.02. The quantitative estimate of drug-likeness (QED) is 0.532. The van der Waals surface area contributed by atoms with Gasteiger partial charge in [-0.15, -0.1) is 0 Å². The van der Waals surface area contributed by atoms with E-state index in [4.69, 9.17) is 4.98 Å². The summed E-state index contributed by atoms with van der Waals surface area (Å²) < 4.78 is 1.99. The van der Waals surface area contributed by atoms with Crippen molar-refractivity contribution in [1.29, 1.82) is 0 Å². The molecule has 192 valence electrons. The van der Waals surface area contributed by atoms with Crippen LogP contribution in [0.4, 0.5) is 5.95 Å². The highest BCUT2D eigenvalue weighted by molar-refractivity contribution is 5.92. The van der Waals surface area contributed by atoms with Gasteiger partial charge in [0.05, 0.1) is 17.4 Å². The molecule has 1 aromatic carbocycles. The summed E-state index contributed by atoms with van der Waals surface area (Å²) >= 11 is 0. The van der Waals surface area contributed by atoms with E-state index in [1.165, 1.54) is 25.0 Å². The summed E-state index contributed by atoms with van der Waals surface area (Å²) in [6.45, 7) is 10.7. The molecule has 0 bridgehead atoms. The van der Waals surface area contributed by atoms with E-state index in [9.17, 15) is 4.79 Å². The molecule has 5 rings (SSSR count). The van der Waals surface area contributed by atoms with Crippen LogP contribution in [-0.4, -0.2) is 68.2 Å². The first-order valence-corrected chi connectivity index (χ1v) is 13.5. The van der Waals surface area contributed by atoms with E-state index in [0.29, 0.717) is 11.9 Å². The molecule has 2 fully saturated rings. The number of nitrogens with one attached hydrogen (secondary N) is 1. The number of carbonyl (C=O) groups is 1. The highest BCUT2D eigenvalue weighted by atomic mass is 16.2. The number of anilines is 1. The number of hydrogen-bond donors (Lipinski definition) is 1. The van der Waals surface area contributed by atoms with Gasteiger partial charge in [-0.05, 0) is 69.4 Å². The Balaban J connectivity index is 1.30. The molecule has 0 atom stereocenters. The van der Waals surface area contributed by atoms with Crippen LogP contribution >= 0.6 is 0 Å². The normalized spacial score (nSPS) is 18.2. The minimum Gasteiger partial charge on any atom is -0.303 e. The van der Waals surface area contributed by atoms with Gasteiger partial charge in [-0.25, -0.2) is 9.97 Å². The molecular weight excluding hydrogens is 450 g/mol. The van der Waals surface area contributed by atoms with E-state index >= 15 is 0 Å². The number of piperidine rings is 2. The van der Waals surface area contributed by atoms with Crippen LogP contribution in [0.1, 0.15) is 51.6 Å². The Hall–Kier alpha value is -2.84. The topological polar surface area (TPSA) is 79.2 Å². The van der Waals surface area contributed by atoms with Crippen LogP contribution < -0.4 is 5.32 Å². The predicted molar refractivity (Wildman–Crippen MR) is 143 cm³/mol. The molecule has 2 aliphatic heterocycles. The van der Waals surface area contributed by atoms with Gasteiger partial charge < -0.3 is 4.90 Å². The SMILES string of the molecule is CC(C)CN1CCC(C(=O)Nc2ncc3ccc(-c4cnn(C)c4CN4CCCCC4)cc3n2)CC1. The Labute approximate surface area is 214 Å². The van der Waals surface area contributed by atoms with E-state index < -0.39 is 0 Å². The fraction of sp³-hybridized carbons (Fsp3) is 0.571. The largest absolute Gasteiger partial charge is 0.303 e. The second-order valence-corrected chi connectivity index (χ2v) is 10.9. The first-order valence-electron chi connectivity index (χ1n) is 13.5. The van der Waals surface area contributed by atoms with E-state index in [-0.39, 0.29) is 11.8 Å². The molecule has 0 spiro atoms. The van der Waals surface area contributed by atoms with Crippen molar-refractivity contribution < 1.29 is 4.79 Å². The molecule has 1 amide bonds. The molecule has 0 unspecified atom stereocenters. The van der Waals surface area contributed by atoms with Crippen LogP contribution in [0.15, 0.2) is 30.6 Å². The molecule has 0 radical (unpaired) electrons. The number of hydrogen-bond acceptors (Lipinski definition) is 6. The zero-order valence-electron chi connectivity index (χ0n) is 21.9. The lowest BCUT2D eigenvalue weighted by Crippen LogP contribution is -2.39. The third kappa shape index (κ3) is 5.76. The molecular formula is C28H39N7O. The van der Waals surface area contributed by atoms with Crippen molar-refractivity contribution in [3.05, 3.63) is 36.3 Å². The summed E-state index contributed by atoms with van der Waals surface area (Å²) in [5.41, 5.74) is 4.29. The number of carbonyl (C=O) groups excluding carboxylic acids is 1. The van der Waals surface area contributed by atoms with Crippen LogP contribution in [0.2, 0.25) is 0 Å². The Morgan fingerprint density at radius 2 is 1.83 bits per heavy atom. The van der Waals surface area contributed by atoms with Gasteiger partial charge in [0, 0.05) is 43.2 Å². The van der Waals surface area contributed by atoms with Gasteiger partial charge in [0.2, 0.25) is 11.9 Å². The molecule has 2 saturated heterocycles. The summed E-state index contributed by atoms with van der Waals surface area (Å²) in [6, 6.07) is 6.26. The monoisotopic (exact) mass is 489 g/mol. The highest BCUT2D eigenvalue weighted by Crippen LogP contribution is 2.28. The van der Waals surface area contributed by atoms with Crippen molar-refractivity contribution >= 4 is 22.8 Å². The second-order valence-electron chi connectivity index (χ2n) is 10.9. The zero-order valence-corrected chi connectivity index (χ0v) is 21.9. The van der Waals surface area contributed by atoms with Gasteiger partial charge in [-0.2, -0.15) is 5.10 Å². The van der Waals surface area contributed by atoms with Gasteiger partial charge in [0.1, 0.15) is 0 Å². The lowest BCUT2D eigenvalue weighted by Gasteiger charge is -2.32. The Bertz CT molecular complexity index is 1190. The number of benzene rings is 1. The van der Waals surface area contributed by atoms with Gasteiger partial charge in [0.15, 0.2) is 0 Å². The Morgan fingerprint density at radius 3 is 2.58 bits per heavy atom. The average Bonchev–Trinajstić information content (AvgIpc) is 3.24. The third-order valence-corrected chi connectivity index (χ3v) is 7.59. The maximum atomic E-state index is 12.9. The van der Waals surface area contributed by atoms with Crippen molar-refractivity contribution in [3.63, 3.8) is 0 Å². The smallest absolute Gasteiger partial charge is 0.229 e. The van der Waals surface area contributed by atoms with Crippen molar-refractivity contribution in [2.75, 3.05) is 38.0 Å². The van der Waals surface area contributed by atoms with Gasteiger partial charge in [0.25, 0.3) is 0 Å². The number of likely N-dealkylation sites (tertiary alicyclic amines) is 2. The third-order valence-electron chi connectivity index (χ3n) is 7.59. The number of aryl methyl sites for hydroxylation is 1. The van der Waals surface area contributed by atoms with E-state index in [0.717, 1.165) is 74.1 Å². The average molecular weight is 490 g/mol. The minimum atomic E-state index is 0.0202. The van der Waals surface area contributed by atoms with Crippen LogP contribution in [0.3, 0.4) is 0 Å². The molecule has 3 aromatic rings. The summed E-state index contributed by atoms with van der Waals surface area (Å²) in [6.07, 6.45) is 9.39. The molecule has 8 nitrogen and oxygen atoms in total. The fourth-order valence-corrected chi connectivity index (χ4v) is 5.58. The van der Waals surface area contributed by atoms with Gasteiger partial charge >= 0.3 is 0 Å². The summed E-state index contributed by atoms with van der Waals surface area (Å²) in [4.78, 5) is 27.0. The van der Waals surface area contributed by atoms with Crippen molar-refractivity contribution in [2.45, 2.75) is 52.5 Å². The number of fused-ring (bicyclic) bond motifs is 1. The molecule has 2 aromatic heterocycles. The lowest BCUT2D eigenvalue weighted by atomic mass is 9.95. The van der Waals surface area contributed by atoms with Crippen molar-refractivity contribution in [2.24, 2.45) is 18.9 Å². The van der Waals surface area contributed by atoms with Crippen LogP contribution in [0.25, 0.3) is 22.0 Å². The standard InChI is InChI=1S/C28H39N7O/c1-20(2)18-35-13-9-21(10-14-35)27(36)32-28-29-16-23-8-7-22(15-25(23)31-28)24-17-30-33(3)26(24)19-34-11-5-4-6-12-34/h7-8,15-17,20-21H,4-6,9-14,18-19H2,1-3H3,(H,29,31,32,36). The predicted octanol–water partition coefficient (Wildman–Crippen LogP) is 4.32. The second kappa shape index (κ2) is 11.0. The van der Waals surface area contributed by atoms with Gasteiger partial charge in [-0.3, -0.25) is 19.7 Å². The summed E-state index contributed by atoms with van der Waals surface area (Å²) in [5.74, 6) is 1.09. The number of aromatic nitrogens is 4. The zero-order chi connectivity index (χ0) is 25.1. The molecule has 2 aliphatic rings. The summed E-state index contributed by atoms with van der Waals surface area (Å²) in [5, 5.41) is 8.51. The first kappa shape index (κ1) is 24.8. The fourth-order valence-electron chi connectivity index (χ4n) is 5.58. The maximum Gasteiger partial charge on any atom is 0.229 e. The van der Waals surface area contributed by atoms with Gasteiger partial charge in [-0.1, -0.05) is 32.4 Å². The van der Waals surface area contributed by atoms with E-state index in [1.807, 2.05) is 17.9 Å². The molecule has 4 heterocycles. The number of nitrogens with zero attached hydrogens (tertiary/aromatic N) is 6. The Morgan fingerprint density at radius 1 is 1.06 bits per heavy atom. The van der Waals surface area contributed by atoms with Crippen LogP contribution in [-0.2, 0) is 18.4 Å². The molecule has 36 heavy (non-hydrogen) atoms. The van der Waals surface area contributed by atoms with Crippen molar-refractivity contribution in [3.8, 4) is 11.1 Å². The molecule has 1 N–H and O–H groups in total. The van der Waals surface area contributed by atoms with Crippen LogP contribution in [0.5, 0.6) is 0 Å². The lowest BCUT2D eigenvalue weighted by molar-refractivity contribution is -0.121.